The highest BCUT2D eigenvalue weighted by Gasteiger charge is 2.17. The molecule has 1 aliphatic rings. The molecule has 1 saturated heterocycles. The number of nitrogens with one attached hydrogen (secondary N) is 1. The highest BCUT2D eigenvalue weighted by atomic mass is 16.5. The van der Waals surface area contributed by atoms with Crippen LogP contribution in [0.5, 0.6) is 5.75 Å². The van der Waals surface area contributed by atoms with E-state index in [9.17, 15) is 4.79 Å². The summed E-state index contributed by atoms with van der Waals surface area (Å²) in [7, 11) is 1.64. The van der Waals surface area contributed by atoms with Crippen molar-refractivity contribution in [1.82, 2.24) is 14.9 Å². The van der Waals surface area contributed by atoms with Crippen LogP contribution in [-0.2, 0) is 4.79 Å². The van der Waals surface area contributed by atoms with E-state index in [4.69, 9.17) is 4.74 Å². The lowest BCUT2D eigenvalue weighted by atomic mass is 10.2. The van der Waals surface area contributed by atoms with Gasteiger partial charge in [0.2, 0.25) is 12.4 Å². The minimum absolute atomic E-state index is 0.522. The molecule has 1 N–H and O–H groups in total. The molecule has 126 valence electrons. The second-order valence-corrected chi connectivity index (χ2v) is 5.70. The van der Waals surface area contributed by atoms with Gasteiger partial charge in [-0.15, -0.1) is 0 Å². The maximum Gasteiger partial charge on any atom is 0.229 e. The molecule has 1 aromatic heterocycles. The zero-order chi connectivity index (χ0) is 16.9. The predicted molar refractivity (Wildman–Crippen MR) is 92.9 cm³/mol. The Kier molecular flexibility index (Phi) is 4.79. The van der Waals surface area contributed by atoms with E-state index < -0.39 is 0 Å². The minimum Gasteiger partial charge on any atom is -0.495 e. The molecule has 24 heavy (non-hydrogen) atoms. The van der Waals surface area contributed by atoms with E-state index in [1.807, 2.05) is 31.2 Å². The van der Waals surface area contributed by atoms with Crippen molar-refractivity contribution in [3.05, 3.63) is 36.0 Å². The number of ether oxygens (including phenoxy) is 1. The molecule has 0 bridgehead atoms. The SMILES string of the molecule is COc1ccc(C)cc1Nc1nccc(N2CCN(C=O)CC2)n1. The Morgan fingerprint density at radius 2 is 2.00 bits per heavy atom. The zero-order valence-electron chi connectivity index (χ0n) is 13.9. The quantitative estimate of drug-likeness (QED) is 0.845. The fourth-order valence-electron chi connectivity index (χ4n) is 2.68. The van der Waals surface area contributed by atoms with Gasteiger partial charge in [0.1, 0.15) is 11.6 Å². The first-order chi connectivity index (χ1) is 11.7. The topological polar surface area (TPSA) is 70.6 Å². The summed E-state index contributed by atoms with van der Waals surface area (Å²) in [5, 5.41) is 3.22. The van der Waals surface area contributed by atoms with E-state index in [0.29, 0.717) is 19.0 Å². The van der Waals surface area contributed by atoms with Crippen LogP contribution in [0.1, 0.15) is 5.56 Å². The first kappa shape index (κ1) is 16.0. The molecule has 2 aromatic rings. The molecule has 0 radical (unpaired) electrons. The van der Waals surface area contributed by atoms with Crippen LogP contribution in [0.2, 0.25) is 0 Å². The van der Waals surface area contributed by atoms with Crippen LogP contribution in [0.4, 0.5) is 17.5 Å². The average molecular weight is 327 g/mol. The molecule has 7 nitrogen and oxygen atoms in total. The van der Waals surface area contributed by atoms with Crippen LogP contribution in [0.15, 0.2) is 30.5 Å². The Hall–Kier alpha value is -2.83. The molecule has 0 spiro atoms. The number of hydrogen-bond donors (Lipinski definition) is 1. The number of benzene rings is 1. The number of carbonyl (C=O) groups is 1. The third kappa shape index (κ3) is 3.56. The minimum atomic E-state index is 0.522. The van der Waals surface area contributed by atoms with Crippen molar-refractivity contribution >= 4 is 23.9 Å². The van der Waals surface area contributed by atoms with Gasteiger partial charge in [-0.1, -0.05) is 6.07 Å². The van der Waals surface area contributed by atoms with Crippen molar-refractivity contribution in [3.63, 3.8) is 0 Å². The van der Waals surface area contributed by atoms with Crippen LogP contribution in [0.3, 0.4) is 0 Å². The number of carbonyl (C=O) groups excluding carboxylic acids is 1. The van der Waals surface area contributed by atoms with Crippen molar-refractivity contribution in [2.75, 3.05) is 43.5 Å². The summed E-state index contributed by atoms with van der Waals surface area (Å²) in [6.07, 6.45) is 2.63. The lowest BCUT2D eigenvalue weighted by Gasteiger charge is -2.33. The Morgan fingerprint density at radius 1 is 1.21 bits per heavy atom. The predicted octanol–water partition coefficient (Wildman–Crippen LogP) is 1.82. The second kappa shape index (κ2) is 7.16. The highest BCUT2D eigenvalue weighted by molar-refractivity contribution is 5.64. The van der Waals surface area contributed by atoms with Crippen molar-refractivity contribution in [2.45, 2.75) is 6.92 Å². The third-order valence-electron chi connectivity index (χ3n) is 4.03. The molecule has 1 aromatic carbocycles. The number of aryl methyl sites for hydroxylation is 1. The van der Waals surface area contributed by atoms with Crippen LogP contribution in [0.25, 0.3) is 0 Å². The maximum atomic E-state index is 10.8. The number of aromatic nitrogens is 2. The number of anilines is 3. The molecular weight excluding hydrogens is 306 g/mol. The van der Waals surface area contributed by atoms with E-state index in [1.165, 1.54) is 0 Å². The van der Waals surface area contributed by atoms with Crippen LogP contribution >= 0.6 is 0 Å². The summed E-state index contributed by atoms with van der Waals surface area (Å²) in [6.45, 7) is 4.98. The van der Waals surface area contributed by atoms with E-state index in [1.54, 1.807) is 18.2 Å². The summed E-state index contributed by atoms with van der Waals surface area (Å²) in [4.78, 5) is 23.6. The molecule has 1 fully saturated rings. The molecule has 1 aliphatic heterocycles. The van der Waals surface area contributed by atoms with E-state index in [2.05, 4.69) is 20.2 Å². The van der Waals surface area contributed by atoms with E-state index in [0.717, 1.165) is 42.3 Å². The third-order valence-corrected chi connectivity index (χ3v) is 4.03. The van der Waals surface area contributed by atoms with Crippen molar-refractivity contribution in [3.8, 4) is 5.75 Å². The Balaban J connectivity index is 1.76. The second-order valence-electron chi connectivity index (χ2n) is 5.70. The molecule has 7 heteroatoms. The first-order valence-corrected chi connectivity index (χ1v) is 7.88. The van der Waals surface area contributed by atoms with Gasteiger partial charge in [-0.3, -0.25) is 4.79 Å². The van der Waals surface area contributed by atoms with Crippen molar-refractivity contribution < 1.29 is 9.53 Å². The molecule has 0 unspecified atom stereocenters. The number of piperazine rings is 1. The summed E-state index contributed by atoms with van der Waals surface area (Å²) in [5.41, 5.74) is 1.96. The lowest BCUT2D eigenvalue weighted by molar-refractivity contribution is -0.118. The normalized spacial score (nSPS) is 14.4. The summed E-state index contributed by atoms with van der Waals surface area (Å²) < 4.78 is 5.38. The Labute approximate surface area is 141 Å². The number of nitrogens with zero attached hydrogens (tertiary/aromatic N) is 4. The standard InChI is InChI=1S/C17H21N5O2/c1-13-3-4-15(24-2)14(11-13)19-17-18-6-5-16(20-17)22-9-7-21(12-23)8-10-22/h3-6,11-12H,7-10H2,1-2H3,(H,18,19,20). The van der Waals surface area contributed by atoms with Crippen LogP contribution < -0.4 is 15.0 Å². The first-order valence-electron chi connectivity index (χ1n) is 7.88. The number of hydrogen-bond acceptors (Lipinski definition) is 6. The van der Waals surface area contributed by atoms with E-state index in [-0.39, 0.29) is 0 Å². The van der Waals surface area contributed by atoms with Gasteiger partial charge in [-0.05, 0) is 30.7 Å². The molecule has 2 heterocycles. The molecule has 0 saturated carbocycles. The number of methoxy groups -OCH3 is 1. The Morgan fingerprint density at radius 3 is 2.71 bits per heavy atom. The summed E-state index contributed by atoms with van der Waals surface area (Å²) in [6, 6.07) is 7.79. The molecule has 3 rings (SSSR count). The van der Waals surface area contributed by atoms with Crippen molar-refractivity contribution in [2.24, 2.45) is 0 Å². The van der Waals surface area contributed by atoms with Gasteiger partial charge >= 0.3 is 0 Å². The fourth-order valence-corrected chi connectivity index (χ4v) is 2.68. The van der Waals surface area contributed by atoms with Crippen molar-refractivity contribution in [1.29, 1.82) is 0 Å². The number of amides is 1. The zero-order valence-corrected chi connectivity index (χ0v) is 13.9. The van der Waals surface area contributed by atoms with Gasteiger partial charge in [-0.25, -0.2) is 4.98 Å². The van der Waals surface area contributed by atoms with Gasteiger partial charge < -0.3 is 19.9 Å². The highest BCUT2D eigenvalue weighted by Crippen LogP contribution is 2.27. The molecule has 1 amide bonds. The van der Waals surface area contributed by atoms with Crippen LogP contribution in [-0.4, -0.2) is 54.6 Å². The van der Waals surface area contributed by atoms with Gasteiger partial charge in [0, 0.05) is 32.4 Å². The smallest absolute Gasteiger partial charge is 0.229 e. The fraction of sp³-hybridized carbons (Fsp3) is 0.353. The summed E-state index contributed by atoms with van der Waals surface area (Å²) >= 11 is 0. The number of rotatable bonds is 5. The van der Waals surface area contributed by atoms with Gasteiger partial charge in [0.05, 0.1) is 12.8 Å². The molecular formula is C17H21N5O2. The monoisotopic (exact) mass is 327 g/mol. The van der Waals surface area contributed by atoms with Crippen LogP contribution in [0, 0.1) is 6.92 Å². The maximum absolute atomic E-state index is 10.8. The lowest BCUT2D eigenvalue weighted by Crippen LogP contribution is -2.46. The van der Waals surface area contributed by atoms with Gasteiger partial charge in [0.15, 0.2) is 0 Å². The summed E-state index contributed by atoms with van der Waals surface area (Å²) in [5.74, 6) is 2.12. The van der Waals surface area contributed by atoms with Gasteiger partial charge in [-0.2, -0.15) is 4.98 Å². The Bertz CT molecular complexity index is 714. The van der Waals surface area contributed by atoms with E-state index >= 15 is 0 Å². The average Bonchev–Trinajstić information content (AvgIpc) is 2.62. The van der Waals surface area contributed by atoms with Gasteiger partial charge in [0.25, 0.3) is 0 Å². The molecule has 0 atom stereocenters. The largest absolute Gasteiger partial charge is 0.495 e. The molecule has 0 aliphatic carbocycles.